The summed E-state index contributed by atoms with van der Waals surface area (Å²) in [7, 11) is 0. The number of nitrogens with one attached hydrogen (secondary N) is 1. The third-order valence-electron chi connectivity index (χ3n) is 2.26. The first-order valence-electron chi connectivity index (χ1n) is 4.57. The van der Waals surface area contributed by atoms with Crippen LogP contribution < -0.4 is 10.1 Å². The molecule has 1 aromatic rings. The fraction of sp³-hybridized carbons (Fsp3) is 0.400. The minimum absolute atomic E-state index is 0.228. The molecule has 1 heterocycles. The molecule has 0 aromatic heterocycles. The molecule has 4 heteroatoms. The van der Waals surface area contributed by atoms with Gasteiger partial charge in [0.15, 0.2) is 11.6 Å². The van der Waals surface area contributed by atoms with E-state index in [1.54, 1.807) is 0 Å². The summed E-state index contributed by atoms with van der Waals surface area (Å²) in [5.41, 5.74) is 0. The molecule has 1 aromatic carbocycles. The summed E-state index contributed by atoms with van der Waals surface area (Å²) in [6, 6.07) is 4.67. The zero-order valence-corrected chi connectivity index (χ0v) is 8.35. The van der Waals surface area contributed by atoms with Gasteiger partial charge in [-0.05, 0) is 25.1 Å². The van der Waals surface area contributed by atoms with Gasteiger partial charge in [0.2, 0.25) is 0 Å². The number of ether oxygens (including phenoxy) is 1. The van der Waals surface area contributed by atoms with Crippen molar-refractivity contribution in [3.63, 3.8) is 0 Å². The number of benzene rings is 1. The van der Waals surface area contributed by atoms with Gasteiger partial charge in [0.1, 0.15) is 6.61 Å². The van der Waals surface area contributed by atoms with Gasteiger partial charge in [-0.15, -0.1) is 0 Å². The molecular weight excluding hydrogens is 205 g/mol. The van der Waals surface area contributed by atoms with Gasteiger partial charge in [-0.1, -0.05) is 11.6 Å². The smallest absolute Gasteiger partial charge is 0.165 e. The Morgan fingerprint density at radius 2 is 2.36 bits per heavy atom. The highest BCUT2D eigenvalue weighted by Gasteiger charge is 2.17. The molecule has 0 radical (unpaired) electrons. The molecule has 14 heavy (non-hydrogen) atoms. The molecule has 1 atom stereocenters. The van der Waals surface area contributed by atoms with Gasteiger partial charge in [-0.3, -0.25) is 0 Å². The highest BCUT2D eigenvalue weighted by atomic mass is 35.5. The minimum Gasteiger partial charge on any atom is -0.489 e. The number of halogens is 2. The van der Waals surface area contributed by atoms with Crippen LogP contribution in [0.1, 0.15) is 6.42 Å². The van der Waals surface area contributed by atoms with E-state index in [1.807, 2.05) is 0 Å². The Bertz CT molecular complexity index is 328. The van der Waals surface area contributed by atoms with Crippen molar-refractivity contribution < 1.29 is 9.13 Å². The molecule has 2 rings (SSSR count). The topological polar surface area (TPSA) is 21.3 Å². The van der Waals surface area contributed by atoms with E-state index >= 15 is 0 Å². The molecule has 76 valence electrons. The lowest BCUT2D eigenvalue weighted by atomic mass is 10.1. The Balaban J connectivity index is 1.96. The van der Waals surface area contributed by atoms with E-state index in [0.29, 0.717) is 17.7 Å². The molecule has 1 unspecified atom stereocenters. The summed E-state index contributed by atoms with van der Waals surface area (Å²) in [5.74, 6) is -0.139. The molecule has 2 nitrogen and oxygen atoms in total. The van der Waals surface area contributed by atoms with Crippen molar-refractivity contribution in [1.29, 1.82) is 0 Å². The van der Waals surface area contributed by atoms with Gasteiger partial charge < -0.3 is 10.1 Å². The van der Waals surface area contributed by atoms with E-state index in [1.165, 1.54) is 18.2 Å². The molecule has 1 N–H and O–H groups in total. The quantitative estimate of drug-likeness (QED) is 0.835. The molecular formula is C10H11ClFNO. The normalized spacial score (nSPS) is 20.3. The predicted molar refractivity (Wildman–Crippen MR) is 53.3 cm³/mol. The van der Waals surface area contributed by atoms with Crippen LogP contribution in [-0.4, -0.2) is 19.2 Å². The van der Waals surface area contributed by atoms with Crippen LogP contribution in [0.2, 0.25) is 5.02 Å². The molecule has 0 saturated carbocycles. The van der Waals surface area contributed by atoms with Crippen LogP contribution in [0, 0.1) is 5.82 Å². The van der Waals surface area contributed by atoms with Gasteiger partial charge in [0.25, 0.3) is 0 Å². The lowest BCUT2D eigenvalue weighted by molar-refractivity contribution is 0.211. The number of rotatable bonds is 3. The fourth-order valence-electron chi connectivity index (χ4n) is 1.27. The van der Waals surface area contributed by atoms with Crippen molar-refractivity contribution >= 4 is 11.6 Å². The largest absolute Gasteiger partial charge is 0.489 e. The van der Waals surface area contributed by atoms with E-state index in [2.05, 4.69) is 5.32 Å². The molecule has 0 amide bonds. The molecule has 1 fully saturated rings. The molecule has 0 bridgehead atoms. The van der Waals surface area contributed by atoms with Gasteiger partial charge in [-0.25, -0.2) is 4.39 Å². The lowest BCUT2D eigenvalue weighted by Gasteiger charge is -2.27. The Morgan fingerprint density at radius 1 is 1.57 bits per heavy atom. The third-order valence-corrected chi connectivity index (χ3v) is 2.49. The summed E-state index contributed by atoms with van der Waals surface area (Å²) in [5, 5.41) is 3.66. The van der Waals surface area contributed by atoms with Crippen LogP contribution in [0.25, 0.3) is 0 Å². The average Bonchev–Trinajstić information content (AvgIpc) is 2.08. The first kappa shape index (κ1) is 9.74. The molecule has 0 spiro atoms. The number of hydrogen-bond acceptors (Lipinski definition) is 2. The molecule has 1 aliphatic rings. The van der Waals surface area contributed by atoms with Gasteiger partial charge >= 0.3 is 0 Å². The highest BCUT2D eigenvalue weighted by Crippen LogP contribution is 2.22. The predicted octanol–water partition coefficient (Wildman–Crippen LogP) is 2.22. The SMILES string of the molecule is Fc1ccc(Cl)cc1OCC1CCN1. The maximum absolute atomic E-state index is 13.1. The minimum atomic E-state index is -0.367. The van der Waals surface area contributed by atoms with Crippen molar-refractivity contribution in [2.45, 2.75) is 12.5 Å². The van der Waals surface area contributed by atoms with Crippen molar-refractivity contribution in [2.75, 3.05) is 13.2 Å². The standard InChI is InChI=1S/C10H11ClFNO/c11-7-1-2-9(12)10(5-7)14-6-8-3-4-13-8/h1-2,5,8,13H,3-4,6H2. The third kappa shape index (κ3) is 2.16. The van der Waals surface area contributed by atoms with Crippen LogP contribution in [0.3, 0.4) is 0 Å². The monoisotopic (exact) mass is 215 g/mol. The first-order chi connectivity index (χ1) is 6.75. The summed E-state index contributed by atoms with van der Waals surface area (Å²) in [6.07, 6.45) is 1.09. The zero-order valence-electron chi connectivity index (χ0n) is 7.59. The van der Waals surface area contributed by atoms with Crippen LogP contribution in [0.15, 0.2) is 18.2 Å². The van der Waals surface area contributed by atoms with Crippen molar-refractivity contribution in [1.82, 2.24) is 5.32 Å². The van der Waals surface area contributed by atoms with Crippen molar-refractivity contribution in [3.8, 4) is 5.75 Å². The van der Waals surface area contributed by atoms with Gasteiger partial charge in [-0.2, -0.15) is 0 Å². The lowest BCUT2D eigenvalue weighted by Crippen LogP contribution is -2.46. The summed E-state index contributed by atoms with van der Waals surface area (Å²) in [4.78, 5) is 0. The number of hydrogen-bond donors (Lipinski definition) is 1. The van der Waals surface area contributed by atoms with E-state index in [-0.39, 0.29) is 11.6 Å². The second-order valence-corrected chi connectivity index (χ2v) is 3.76. The second-order valence-electron chi connectivity index (χ2n) is 3.33. The van der Waals surface area contributed by atoms with Crippen molar-refractivity contribution in [3.05, 3.63) is 29.0 Å². The maximum Gasteiger partial charge on any atom is 0.165 e. The van der Waals surface area contributed by atoms with Crippen LogP contribution in [0.4, 0.5) is 4.39 Å². The maximum atomic E-state index is 13.1. The van der Waals surface area contributed by atoms with Crippen molar-refractivity contribution in [2.24, 2.45) is 0 Å². The van der Waals surface area contributed by atoms with Crippen LogP contribution in [0.5, 0.6) is 5.75 Å². The van der Waals surface area contributed by atoms with Crippen LogP contribution >= 0.6 is 11.6 Å². The fourth-order valence-corrected chi connectivity index (χ4v) is 1.43. The van der Waals surface area contributed by atoms with Crippen LogP contribution in [-0.2, 0) is 0 Å². The van der Waals surface area contributed by atoms with E-state index in [0.717, 1.165) is 13.0 Å². The van der Waals surface area contributed by atoms with E-state index in [9.17, 15) is 4.39 Å². The highest BCUT2D eigenvalue weighted by molar-refractivity contribution is 6.30. The van der Waals surface area contributed by atoms with Gasteiger partial charge in [0.05, 0.1) is 0 Å². The summed E-state index contributed by atoms with van der Waals surface area (Å²) >= 11 is 5.72. The van der Waals surface area contributed by atoms with Gasteiger partial charge in [0, 0.05) is 17.1 Å². The molecule has 1 saturated heterocycles. The summed E-state index contributed by atoms with van der Waals surface area (Å²) < 4.78 is 18.4. The van der Waals surface area contributed by atoms with E-state index < -0.39 is 0 Å². The molecule has 1 aliphatic heterocycles. The second kappa shape index (κ2) is 4.15. The van der Waals surface area contributed by atoms with E-state index in [4.69, 9.17) is 16.3 Å². The average molecular weight is 216 g/mol. The Morgan fingerprint density at radius 3 is 3.00 bits per heavy atom. The summed E-state index contributed by atoms with van der Waals surface area (Å²) in [6.45, 7) is 1.52. The Labute approximate surface area is 87.0 Å². The first-order valence-corrected chi connectivity index (χ1v) is 4.95. The Kier molecular flexibility index (Phi) is 2.89. The molecule has 0 aliphatic carbocycles. The Hall–Kier alpha value is -0.800. The zero-order chi connectivity index (χ0) is 9.97.